The van der Waals surface area contributed by atoms with E-state index in [2.05, 4.69) is 10.6 Å². The number of rotatable bonds is 8. The molecular formula is C14H22N2O4. The Morgan fingerprint density at radius 3 is 2.15 bits per heavy atom. The van der Waals surface area contributed by atoms with Crippen LogP contribution in [0.5, 0.6) is 17.2 Å². The molecule has 1 aromatic rings. The fourth-order valence-corrected chi connectivity index (χ4v) is 1.80. The van der Waals surface area contributed by atoms with Gasteiger partial charge in [0.25, 0.3) is 0 Å². The van der Waals surface area contributed by atoms with Gasteiger partial charge in [0.1, 0.15) is 0 Å². The van der Waals surface area contributed by atoms with Crippen LogP contribution in [0.3, 0.4) is 0 Å². The van der Waals surface area contributed by atoms with E-state index >= 15 is 0 Å². The Morgan fingerprint density at radius 2 is 1.70 bits per heavy atom. The van der Waals surface area contributed by atoms with Crippen LogP contribution in [0.1, 0.15) is 12.0 Å². The Morgan fingerprint density at radius 1 is 1.10 bits per heavy atom. The fraction of sp³-hybridized carbons (Fsp3) is 0.500. The Hall–Kier alpha value is -1.95. The van der Waals surface area contributed by atoms with Gasteiger partial charge in [-0.15, -0.1) is 0 Å². The standard InChI is InChI=1S/C14H22N2O4/c1-15-13(17)5-6-16-9-10-7-11(18-2)14(20-4)12(8-10)19-3/h7-8,16H,5-6,9H2,1-4H3,(H,15,17). The van der Waals surface area contributed by atoms with Gasteiger partial charge in [-0.1, -0.05) is 0 Å². The predicted octanol–water partition coefficient (Wildman–Crippen LogP) is 0.938. The highest BCUT2D eigenvalue weighted by Crippen LogP contribution is 2.38. The molecule has 20 heavy (non-hydrogen) atoms. The maximum absolute atomic E-state index is 11.1. The van der Waals surface area contributed by atoms with Gasteiger partial charge in [-0.2, -0.15) is 0 Å². The van der Waals surface area contributed by atoms with Crippen LogP contribution in [0.2, 0.25) is 0 Å². The van der Waals surface area contributed by atoms with Crippen molar-refractivity contribution in [2.75, 3.05) is 34.9 Å². The molecule has 0 bridgehead atoms. The Bertz CT molecular complexity index is 424. The minimum atomic E-state index is 0.0161. The normalized spacial score (nSPS) is 10.0. The number of hydrogen-bond donors (Lipinski definition) is 2. The van der Waals surface area contributed by atoms with E-state index in [-0.39, 0.29) is 5.91 Å². The summed E-state index contributed by atoms with van der Waals surface area (Å²) in [6.45, 7) is 1.23. The second-order valence-electron chi connectivity index (χ2n) is 4.13. The molecule has 112 valence electrons. The van der Waals surface area contributed by atoms with Crippen LogP contribution in [0.4, 0.5) is 0 Å². The van der Waals surface area contributed by atoms with Gasteiger partial charge in [-0.3, -0.25) is 4.79 Å². The molecule has 0 fully saturated rings. The molecule has 0 spiro atoms. The van der Waals surface area contributed by atoms with Crippen molar-refractivity contribution in [2.24, 2.45) is 0 Å². The van der Waals surface area contributed by atoms with E-state index in [1.807, 2.05) is 12.1 Å². The van der Waals surface area contributed by atoms with Gasteiger partial charge in [0.15, 0.2) is 11.5 Å². The number of carbonyl (C=O) groups excluding carboxylic acids is 1. The lowest BCUT2D eigenvalue weighted by Crippen LogP contribution is -2.24. The van der Waals surface area contributed by atoms with Crippen molar-refractivity contribution in [1.29, 1.82) is 0 Å². The first-order valence-electron chi connectivity index (χ1n) is 6.36. The van der Waals surface area contributed by atoms with Crippen LogP contribution >= 0.6 is 0 Å². The summed E-state index contributed by atoms with van der Waals surface area (Å²) < 4.78 is 15.8. The molecule has 0 radical (unpaired) electrons. The SMILES string of the molecule is CNC(=O)CCNCc1cc(OC)c(OC)c(OC)c1. The maximum atomic E-state index is 11.1. The van der Waals surface area contributed by atoms with E-state index in [0.29, 0.717) is 36.8 Å². The highest BCUT2D eigenvalue weighted by Gasteiger charge is 2.12. The quantitative estimate of drug-likeness (QED) is 0.694. The molecule has 0 aliphatic carbocycles. The summed E-state index contributed by atoms with van der Waals surface area (Å²) in [6, 6.07) is 3.77. The minimum Gasteiger partial charge on any atom is -0.493 e. The topological polar surface area (TPSA) is 68.8 Å². The second-order valence-corrected chi connectivity index (χ2v) is 4.13. The van der Waals surface area contributed by atoms with Gasteiger partial charge in [0, 0.05) is 26.6 Å². The number of hydrogen-bond acceptors (Lipinski definition) is 5. The summed E-state index contributed by atoms with van der Waals surface area (Å²) in [5.41, 5.74) is 0.997. The van der Waals surface area contributed by atoms with Crippen LogP contribution in [0.25, 0.3) is 0 Å². The summed E-state index contributed by atoms with van der Waals surface area (Å²) in [5, 5.41) is 5.77. The summed E-state index contributed by atoms with van der Waals surface area (Å²) in [5.74, 6) is 1.83. The van der Waals surface area contributed by atoms with Crippen LogP contribution in [0.15, 0.2) is 12.1 Å². The molecule has 0 saturated carbocycles. The molecule has 1 amide bonds. The largest absolute Gasteiger partial charge is 0.493 e. The summed E-state index contributed by atoms with van der Waals surface area (Å²) in [7, 11) is 6.36. The van der Waals surface area contributed by atoms with Gasteiger partial charge in [-0.05, 0) is 17.7 Å². The monoisotopic (exact) mass is 282 g/mol. The van der Waals surface area contributed by atoms with Crippen molar-refractivity contribution in [3.8, 4) is 17.2 Å². The number of nitrogens with one attached hydrogen (secondary N) is 2. The number of carbonyl (C=O) groups is 1. The first-order chi connectivity index (χ1) is 9.65. The first kappa shape index (κ1) is 16.1. The number of ether oxygens (including phenoxy) is 3. The zero-order valence-corrected chi connectivity index (χ0v) is 12.4. The Kier molecular flexibility index (Phi) is 6.66. The van der Waals surface area contributed by atoms with Crippen molar-refractivity contribution < 1.29 is 19.0 Å². The highest BCUT2D eigenvalue weighted by atomic mass is 16.5. The zero-order chi connectivity index (χ0) is 15.0. The molecule has 0 aliphatic rings. The smallest absolute Gasteiger partial charge is 0.221 e. The van der Waals surface area contributed by atoms with Crippen LogP contribution in [-0.2, 0) is 11.3 Å². The Labute approximate surface area is 119 Å². The average Bonchev–Trinajstić information content (AvgIpc) is 2.49. The summed E-state index contributed by atoms with van der Waals surface area (Å²) in [4.78, 5) is 11.1. The molecule has 2 N–H and O–H groups in total. The van der Waals surface area contributed by atoms with Crippen molar-refractivity contribution in [2.45, 2.75) is 13.0 Å². The Balaban J connectivity index is 2.68. The van der Waals surface area contributed by atoms with Crippen molar-refractivity contribution >= 4 is 5.91 Å². The molecule has 0 unspecified atom stereocenters. The van der Waals surface area contributed by atoms with Crippen LogP contribution < -0.4 is 24.8 Å². The number of benzene rings is 1. The predicted molar refractivity (Wildman–Crippen MR) is 76.5 cm³/mol. The van der Waals surface area contributed by atoms with Gasteiger partial charge in [-0.25, -0.2) is 0 Å². The molecule has 0 saturated heterocycles. The van der Waals surface area contributed by atoms with Gasteiger partial charge < -0.3 is 24.8 Å². The maximum Gasteiger partial charge on any atom is 0.221 e. The molecule has 6 nitrogen and oxygen atoms in total. The van der Waals surface area contributed by atoms with Crippen molar-refractivity contribution in [1.82, 2.24) is 10.6 Å². The van der Waals surface area contributed by atoms with Crippen molar-refractivity contribution in [3.63, 3.8) is 0 Å². The molecule has 0 atom stereocenters. The van der Waals surface area contributed by atoms with E-state index in [1.165, 1.54) is 0 Å². The third-order valence-electron chi connectivity index (χ3n) is 2.86. The third kappa shape index (κ3) is 4.31. The van der Waals surface area contributed by atoms with Gasteiger partial charge in [0.05, 0.1) is 21.3 Å². The summed E-state index contributed by atoms with van der Waals surface area (Å²) >= 11 is 0. The highest BCUT2D eigenvalue weighted by molar-refractivity contribution is 5.75. The first-order valence-corrected chi connectivity index (χ1v) is 6.36. The van der Waals surface area contributed by atoms with Gasteiger partial charge >= 0.3 is 0 Å². The molecular weight excluding hydrogens is 260 g/mol. The van der Waals surface area contributed by atoms with E-state index < -0.39 is 0 Å². The lowest BCUT2D eigenvalue weighted by Gasteiger charge is -2.14. The van der Waals surface area contributed by atoms with Crippen molar-refractivity contribution in [3.05, 3.63) is 17.7 Å². The molecule has 1 aromatic carbocycles. The molecule has 0 heterocycles. The van der Waals surface area contributed by atoms with Crippen LogP contribution in [0, 0.1) is 0 Å². The van der Waals surface area contributed by atoms with E-state index in [1.54, 1.807) is 28.4 Å². The zero-order valence-electron chi connectivity index (χ0n) is 12.4. The average molecular weight is 282 g/mol. The lowest BCUT2D eigenvalue weighted by molar-refractivity contribution is -0.120. The fourth-order valence-electron chi connectivity index (χ4n) is 1.80. The number of amides is 1. The number of methoxy groups -OCH3 is 3. The molecule has 6 heteroatoms. The minimum absolute atomic E-state index is 0.0161. The van der Waals surface area contributed by atoms with E-state index in [4.69, 9.17) is 14.2 Å². The third-order valence-corrected chi connectivity index (χ3v) is 2.86. The van der Waals surface area contributed by atoms with E-state index in [0.717, 1.165) is 5.56 Å². The van der Waals surface area contributed by atoms with E-state index in [9.17, 15) is 4.79 Å². The molecule has 1 rings (SSSR count). The summed E-state index contributed by atoms with van der Waals surface area (Å²) in [6.07, 6.45) is 0.445. The molecule has 0 aliphatic heterocycles. The lowest BCUT2D eigenvalue weighted by atomic mass is 10.1. The molecule has 0 aromatic heterocycles. The van der Waals surface area contributed by atoms with Gasteiger partial charge in [0.2, 0.25) is 11.7 Å². The van der Waals surface area contributed by atoms with Crippen LogP contribution in [-0.4, -0.2) is 40.8 Å². The second kappa shape index (κ2) is 8.27.